The molecule has 0 aromatic heterocycles. The van der Waals surface area contributed by atoms with E-state index in [4.69, 9.17) is 5.26 Å². The molecule has 0 atom stereocenters. The van der Waals surface area contributed by atoms with Gasteiger partial charge in [0, 0.05) is 10.0 Å². The first kappa shape index (κ1) is 9.42. The number of halogens is 1. The molecule has 1 aliphatic rings. The number of rotatable bonds is 2. The Labute approximate surface area is 90.7 Å². The van der Waals surface area contributed by atoms with Crippen LogP contribution >= 0.6 is 15.9 Å². The van der Waals surface area contributed by atoms with Crippen LogP contribution in [0.1, 0.15) is 23.2 Å². The summed E-state index contributed by atoms with van der Waals surface area (Å²) in [6, 6.07) is 9.30. The lowest BCUT2D eigenvalue weighted by molar-refractivity contribution is 0.0934. The van der Waals surface area contributed by atoms with Gasteiger partial charge < -0.3 is 0 Å². The Morgan fingerprint density at radius 3 is 2.71 bits per heavy atom. The van der Waals surface area contributed by atoms with Crippen molar-refractivity contribution in [3.63, 3.8) is 0 Å². The summed E-state index contributed by atoms with van der Waals surface area (Å²) < 4.78 is 0.872. The van der Waals surface area contributed by atoms with Gasteiger partial charge in [-0.3, -0.25) is 4.79 Å². The monoisotopic (exact) mass is 249 g/mol. The maximum atomic E-state index is 11.9. The van der Waals surface area contributed by atoms with Gasteiger partial charge in [0.25, 0.3) is 0 Å². The molecule has 14 heavy (non-hydrogen) atoms. The van der Waals surface area contributed by atoms with E-state index in [9.17, 15) is 4.79 Å². The molecule has 1 aromatic carbocycles. The first-order valence-corrected chi connectivity index (χ1v) is 5.19. The van der Waals surface area contributed by atoms with E-state index in [0.29, 0.717) is 18.4 Å². The third kappa shape index (κ3) is 1.46. The summed E-state index contributed by atoms with van der Waals surface area (Å²) in [5, 5.41) is 8.88. The maximum Gasteiger partial charge on any atom is 0.183 e. The zero-order valence-electron chi connectivity index (χ0n) is 7.46. The van der Waals surface area contributed by atoms with Crippen molar-refractivity contribution in [1.29, 1.82) is 5.26 Å². The molecule has 0 unspecified atom stereocenters. The highest BCUT2D eigenvalue weighted by Gasteiger charge is 2.50. The molecule has 0 aliphatic heterocycles. The van der Waals surface area contributed by atoms with E-state index in [1.165, 1.54) is 0 Å². The van der Waals surface area contributed by atoms with Crippen molar-refractivity contribution >= 4 is 21.7 Å². The fraction of sp³-hybridized carbons (Fsp3) is 0.273. The number of hydrogen-bond donors (Lipinski definition) is 0. The molecular formula is C11H8BrNO. The van der Waals surface area contributed by atoms with Crippen LogP contribution in [-0.4, -0.2) is 5.78 Å². The van der Waals surface area contributed by atoms with Crippen LogP contribution in [0.4, 0.5) is 0 Å². The normalized spacial score (nSPS) is 17.1. The largest absolute Gasteiger partial charge is 0.292 e. The Morgan fingerprint density at radius 1 is 1.50 bits per heavy atom. The van der Waals surface area contributed by atoms with Gasteiger partial charge in [0.05, 0.1) is 6.07 Å². The third-order valence-corrected chi connectivity index (χ3v) is 2.98. The number of Topliss-reactive ketones (excluding diaryl/α,β-unsaturated/α-hetero) is 1. The molecule has 3 heteroatoms. The Balaban J connectivity index is 2.33. The van der Waals surface area contributed by atoms with Gasteiger partial charge in [-0.05, 0) is 25.0 Å². The van der Waals surface area contributed by atoms with Crippen molar-refractivity contribution in [2.75, 3.05) is 0 Å². The fourth-order valence-corrected chi connectivity index (χ4v) is 1.82. The van der Waals surface area contributed by atoms with E-state index >= 15 is 0 Å². The summed E-state index contributed by atoms with van der Waals surface area (Å²) in [4.78, 5) is 11.9. The Morgan fingerprint density at radius 2 is 2.21 bits per heavy atom. The molecular weight excluding hydrogens is 242 g/mol. The SMILES string of the molecule is N#CC1(C(=O)c2cccc(Br)c2)CC1. The number of benzene rings is 1. The predicted molar refractivity (Wildman–Crippen MR) is 55.8 cm³/mol. The second-order valence-corrected chi connectivity index (χ2v) is 4.45. The van der Waals surface area contributed by atoms with Crippen LogP contribution in [-0.2, 0) is 0 Å². The minimum atomic E-state index is -0.708. The number of nitriles is 1. The van der Waals surface area contributed by atoms with Crippen LogP contribution in [0, 0.1) is 16.7 Å². The van der Waals surface area contributed by atoms with Crippen LogP contribution in [0.25, 0.3) is 0 Å². The van der Waals surface area contributed by atoms with Crippen molar-refractivity contribution < 1.29 is 4.79 Å². The second kappa shape index (κ2) is 3.21. The topological polar surface area (TPSA) is 40.9 Å². The van der Waals surface area contributed by atoms with Gasteiger partial charge in [0.15, 0.2) is 5.78 Å². The van der Waals surface area contributed by atoms with E-state index in [-0.39, 0.29) is 5.78 Å². The number of carbonyl (C=O) groups is 1. The second-order valence-electron chi connectivity index (χ2n) is 3.53. The molecule has 2 nitrogen and oxygen atoms in total. The van der Waals surface area contributed by atoms with E-state index < -0.39 is 5.41 Å². The standard InChI is InChI=1S/C11H8BrNO/c12-9-3-1-2-8(6-9)10(14)11(7-13)4-5-11/h1-3,6H,4-5H2. The number of nitrogens with zero attached hydrogens (tertiary/aromatic N) is 1. The van der Waals surface area contributed by atoms with Crippen molar-refractivity contribution in [3.8, 4) is 6.07 Å². The highest BCUT2D eigenvalue weighted by Crippen LogP contribution is 2.47. The molecule has 1 fully saturated rings. The predicted octanol–water partition coefficient (Wildman–Crippen LogP) is 2.94. The maximum absolute atomic E-state index is 11.9. The molecule has 2 rings (SSSR count). The zero-order valence-corrected chi connectivity index (χ0v) is 9.04. The number of carbonyl (C=O) groups excluding carboxylic acids is 1. The molecule has 1 aromatic rings. The fourth-order valence-electron chi connectivity index (χ4n) is 1.42. The first-order chi connectivity index (χ1) is 6.68. The highest BCUT2D eigenvalue weighted by molar-refractivity contribution is 9.10. The molecule has 1 aliphatic carbocycles. The summed E-state index contributed by atoms with van der Waals surface area (Å²) in [5.74, 6) is -0.0405. The van der Waals surface area contributed by atoms with Crippen molar-refractivity contribution in [2.45, 2.75) is 12.8 Å². The van der Waals surface area contributed by atoms with Crippen molar-refractivity contribution in [1.82, 2.24) is 0 Å². The number of hydrogen-bond acceptors (Lipinski definition) is 2. The molecule has 1 saturated carbocycles. The van der Waals surface area contributed by atoms with Crippen LogP contribution in [0.15, 0.2) is 28.7 Å². The van der Waals surface area contributed by atoms with Gasteiger partial charge in [-0.2, -0.15) is 5.26 Å². The Hall–Kier alpha value is -1.14. The highest BCUT2D eigenvalue weighted by atomic mass is 79.9. The Bertz CT molecular complexity index is 429. The van der Waals surface area contributed by atoms with Gasteiger partial charge in [0.1, 0.15) is 5.41 Å². The van der Waals surface area contributed by atoms with Gasteiger partial charge in [-0.15, -0.1) is 0 Å². The van der Waals surface area contributed by atoms with Crippen LogP contribution in [0.5, 0.6) is 0 Å². The summed E-state index contributed by atoms with van der Waals surface area (Å²) in [5.41, 5.74) is -0.0840. The van der Waals surface area contributed by atoms with Gasteiger partial charge in [0.2, 0.25) is 0 Å². The van der Waals surface area contributed by atoms with Gasteiger partial charge in [-0.1, -0.05) is 28.1 Å². The molecule has 0 spiro atoms. The van der Waals surface area contributed by atoms with Crippen LogP contribution < -0.4 is 0 Å². The first-order valence-electron chi connectivity index (χ1n) is 4.40. The van der Waals surface area contributed by atoms with Gasteiger partial charge >= 0.3 is 0 Å². The van der Waals surface area contributed by atoms with Gasteiger partial charge in [-0.25, -0.2) is 0 Å². The van der Waals surface area contributed by atoms with E-state index in [0.717, 1.165) is 4.47 Å². The summed E-state index contributed by atoms with van der Waals surface area (Å²) in [6.45, 7) is 0. The lowest BCUT2D eigenvalue weighted by Crippen LogP contribution is -2.13. The molecule has 0 saturated heterocycles. The van der Waals surface area contributed by atoms with E-state index in [1.807, 2.05) is 12.1 Å². The molecule has 0 amide bonds. The molecule has 0 N–H and O–H groups in total. The Kier molecular flexibility index (Phi) is 2.16. The van der Waals surface area contributed by atoms with E-state index in [2.05, 4.69) is 22.0 Å². The van der Waals surface area contributed by atoms with Crippen LogP contribution in [0.2, 0.25) is 0 Å². The summed E-state index contributed by atoms with van der Waals surface area (Å²) in [7, 11) is 0. The minimum Gasteiger partial charge on any atom is -0.292 e. The zero-order chi connectivity index (χ0) is 10.2. The van der Waals surface area contributed by atoms with Crippen molar-refractivity contribution in [3.05, 3.63) is 34.3 Å². The lowest BCUT2D eigenvalue weighted by Gasteiger charge is -2.04. The lowest BCUT2D eigenvalue weighted by atomic mass is 9.96. The molecule has 0 radical (unpaired) electrons. The molecule has 0 heterocycles. The number of ketones is 1. The summed E-state index contributed by atoms with van der Waals surface area (Å²) >= 11 is 3.30. The third-order valence-electron chi connectivity index (χ3n) is 2.49. The average Bonchev–Trinajstić information content (AvgIpc) is 2.97. The summed E-state index contributed by atoms with van der Waals surface area (Å²) in [6.07, 6.45) is 1.41. The van der Waals surface area contributed by atoms with Crippen LogP contribution in [0.3, 0.4) is 0 Å². The molecule has 70 valence electrons. The average molecular weight is 250 g/mol. The minimum absolute atomic E-state index is 0.0405. The smallest absolute Gasteiger partial charge is 0.183 e. The van der Waals surface area contributed by atoms with Crippen molar-refractivity contribution in [2.24, 2.45) is 5.41 Å². The quantitative estimate of drug-likeness (QED) is 0.757. The molecule has 0 bridgehead atoms. The van der Waals surface area contributed by atoms with E-state index in [1.54, 1.807) is 12.1 Å².